The molecule has 1 aliphatic heterocycles. The molecule has 0 aromatic carbocycles. The van der Waals surface area contributed by atoms with Gasteiger partial charge in [-0.05, 0) is 19.3 Å². The molecule has 1 amide bonds. The number of rotatable bonds is 1. The number of hydrogen-bond acceptors (Lipinski definition) is 3. The highest BCUT2D eigenvalue weighted by Gasteiger charge is 2.20. The largest absolute Gasteiger partial charge is 0.368 e. The van der Waals surface area contributed by atoms with E-state index < -0.39 is 0 Å². The Morgan fingerprint density at radius 1 is 1.60 bits per heavy atom. The second kappa shape index (κ2) is 3.53. The summed E-state index contributed by atoms with van der Waals surface area (Å²) in [6.45, 7) is 0.679. The summed E-state index contributed by atoms with van der Waals surface area (Å²) in [5, 5.41) is 0. The molecule has 1 heterocycles. The van der Waals surface area contributed by atoms with Crippen LogP contribution in [-0.4, -0.2) is 18.6 Å². The van der Waals surface area contributed by atoms with Gasteiger partial charge in [-0.1, -0.05) is 0 Å². The third-order valence-electron chi connectivity index (χ3n) is 1.61. The first-order valence-electron chi connectivity index (χ1n) is 3.46. The second-order valence-corrected chi connectivity index (χ2v) is 2.36. The summed E-state index contributed by atoms with van der Waals surface area (Å²) in [6, 6.07) is 0. The highest BCUT2D eigenvalue weighted by molar-refractivity contribution is 5.80. The van der Waals surface area contributed by atoms with Crippen LogP contribution in [0.2, 0.25) is 0 Å². The normalized spacial score (nSPS) is 25.9. The fourth-order valence-corrected chi connectivity index (χ4v) is 1.04. The number of ether oxygens (including phenoxy) is 1. The van der Waals surface area contributed by atoms with Crippen LogP contribution in [0.3, 0.4) is 0 Å². The molecule has 4 nitrogen and oxygen atoms in total. The first kappa shape index (κ1) is 7.50. The molecule has 1 fully saturated rings. The number of nitrogens with one attached hydrogen (secondary N) is 1. The van der Waals surface area contributed by atoms with E-state index in [-0.39, 0.29) is 12.0 Å². The van der Waals surface area contributed by atoms with Crippen molar-refractivity contribution in [1.82, 2.24) is 5.43 Å². The van der Waals surface area contributed by atoms with Crippen LogP contribution < -0.4 is 11.3 Å². The Morgan fingerprint density at radius 2 is 2.40 bits per heavy atom. The summed E-state index contributed by atoms with van der Waals surface area (Å²) < 4.78 is 5.14. The predicted octanol–water partition coefficient (Wildman–Crippen LogP) is -0.455. The molecule has 1 aliphatic rings. The maximum absolute atomic E-state index is 10.8. The maximum Gasteiger partial charge on any atom is 0.262 e. The topological polar surface area (TPSA) is 64.3 Å². The van der Waals surface area contributed by atoms with E-state index in [0.717, 1.165) is 19.3 Å². The summed E-state index contributed by atoms with van der Waals surface area (Å²) in [5.41, 5.74) is 2.07. The van der Waals surface area contributed by atoms with Crippen LogP contribution >= 0.6 is 0 Å². The van der Waals surface area contributed by atoms with Crippen molar-refractivity contribution >= 4 is 5.91 Å². The molecule has 4 heteroatoms. The van der Waals surface area contributed by atoms with E-state index in [1.165, 1.54) is 0 Å². The fraction of sp³-hybridized carbons (Fsp3) is 0.833. The molecule has 0 radical (unpaired) electrons. The summed E-state index contributed by atoms with van der Waals surface area (Å²) in [4.78, 5) is 10.8. The Kier molecular flexibility index (Phi) is 2.65. The van der Waals surface area contributed by atoms with E-state index >= 15 is 0 Å². The first-order chi connectivity index (χ1) is 4.84. The van der Waals surface area contributed by atoms with Crippen molar-refractivity contribution in [3.63, 3.8) is 0 Å². The molecule has 0 aromatic heterocycles. The van der Waals surface area contributed by atoms with Crippen LogP contribution in [0.15, 0.2) is 0 Å². The molecule has 1 rings (SSSR count). The molecule has 0 spiro atoms. The van der Waals surface area contributed by atoms with Crippen molar-refractivity contribution in [3.8, 4) is 0 Å². The first-order valence-corrected chi connectivity index (χ1v) is 3.46. The van der Waals surface area contributed by atoms with Crippen molar-refractivity contribution in [2.75, 3.05) is 6.61 Å². The summed E-state index contributed by atoms with van der Waals surface area (Å²) >= 11 is 0. The smallest absolute Gasteiger partial charge is 0.262 e. The number of carbonyl (C=O) groups is 1. The van der Waals surface area contributed by atoms with Crippen molar-refractivity contribution in [3.05, 3.63) is 0 Å². The van der Waals surface area contributed by atoms with Crippen LogP contribution in [0.5, 0.6) is 0 Å². The Morgan fingerprint density at radius 3 is 2.90 bits per heavy atom. The van der Waals surface area contributed by atoms with Crippen LogP contribution in [0.25, 0.3) is 0 Å². The third kappa shape index (κ3) is 1.68. The molecule has 0 bridgehead atoms. The molecular weight excluding hydrogens is 132 g/mol. The lowest BCUT2D eigenvalue weighted by atomic mass is 10.1. The molecule has 0 aromatic rings. The van der Waals surface area contributed by atoms with Crippen LogP contribution in [0.4, 0.5) is 0 Å². The highest BCUT2D eigenvalue weighted by atomic mass is 16.5. The second-order valence-electron chi connectivity index (χ2n) is 2.36. The van der Waals surface area contributed by atoms with Gasteiger partial charge in [-0.25, -0.2) is 5.84 Å². The minimum atomic E-state index is -0.307. The lowest BCUT2D eigenvalue weighted by Crippen LogP contribution is -2.41. The average molecular weight is 144 g/mol. The number of amides is 1. The zero-order chi connectivity index (χ0) is 7.40. The SMILES string of the molecule is NNC(=O)[C@@H]1CCCCO1. The van der Waals surface area contributed by atoms with Gasteiger partial charge in [0.1, 0.15) is 6.10 Å². The summed E-state index contributed by atoms with van der Waals surface area (Å²) in [7, 11) is 0. The van der Waals surface area contributed by atoms with Gasteiger partial charge in [0, 0.05) is 6.61 Å². The van der Waals surface area contributed by atoms with Gasteiger partial charge < -0.3 is 4.74 Å². The van der Waals surface area contributed by atoms with E-state index in [4.69, 9.17) is 10.6 Å². The predicted molar refractivity (Wildman–Crippen MR) is 35.9 cm³/mol. The van der Waals surface area contributed by atoms with Crippen LogP contribution in [-0.2, 0) is 9.53 Å². The van der Waals surface area contributed by atoms with Crippen molar-refractivity contribution in [2.24, 2.45) is 5.84 Å². The van der Waals surface area contributed by atoms with Crippen LogP contribution in [0.1, 0.15) is 19.3 Å². The highest BCUT2D eigenvalue weighted by Crippen LogP contribution is 2.11. The van der Waals surface area contributed by atoms with Crippen molar-refractivity contribution in [2.45, 2.75) is 25.4 Å². The van der Waals surface area contributed by atoms with E-state index in [0.29, 0.717) is 6.61 Å². The van der Waals surface area contributed by atoms with E-state index in [1.807, 2.05) is 0 Å². The molecule has 1 atom stereocenters. The Hall–Kier alpha value is -0.610. The molecule has 10 heavy (non-hydrogen) atoms. The maximum atomic E-state index is 10.8. The summed E-state index contributed by atoms with van der Waals surface area (Å²) in [5.74, 6) is 4.71. The molecule has 3 N–H and O–H groups in total. The average Bonchev–Trinajstić information content (AvgIpc) is 2.05. The lowest BCUT2D eigenvalue weighted by Gasteiger charge is -2.20. The van der Waals surface area contributed by atoms with Gasteiger partial charge in [-0.2, -0.15) is 0 Å². The molecular formula is C6H12N2O2. The van der Waals surface area contributed by atoms with Crippen molar-refractivity contribution in [1.29, 1.82) is 0 Å². The Balaban J connectivity index is 2.31. The summed E-state index contributed by atoms with van der Waals surface area (Å²) in [6.07, 6.45) is 2.59. The monoisotopic (exact) mass is 144 g/mol. The minimum absolute atomic E-state index is 0.209. The fourth-order valence-electron chi connectivity index (χ4n) is 1.04. The quantitative estimate of drug-likeness (QED) is 0.297. The van der Waals surface area contributed by atoms with Gasteiger partial charge in [0.15, 0.2) is 0 Å². The zero-order valence-corrected chi connectivity index (χ0v) is 5.80. The standard InChI is InChI=1S/C6H12N2O2/c7-8-6(9)5-3-1-2-4-10-5/h5H,1-4,7H2,(H,8,9)/t5-/m0/s1. The van der Waals surface area contributed by atoms with E-state index in [2.05, 4.69) is 5.43 Å². The third-order valence-corrected chi connectivity index (χ3v) is 1.61. The van der Waals surface area contributed by atoms with Crippen LogP contribution in [0, 0.1) is 0 Å². The molecule has 0 unspecified atom stereocenters. The number of hydrogen-bond donors (Lipinski definition) is 2. The van der Waals surface area contributed by atoms with Gasteiger partial charge in [0.2, 0.25) is 0 Å². The van der Waals surface area contributed by atoms with E-state index in [1.54, 1.807) is 0 Å². The molecule has 1 saturated heterocycles. The number of hydrazine groups is 1. The van der Waals surface area contributed by atoms with Gasteiger partial charge in [-0.3, -0.25) is 10.2 Å². The zero-order valence-electron chi connectivity index (χ0n) is 5.80. The minimum Gasteiger partial charge on any atom is -0.368 e. The van der Waals surface area contributed by atoms with Crippen molar-refractivity contribution < 1.29 is 9.53 Å². The molecule has 0 saturated carbocycles. The molecule has 58 valence electrons. The molecule has 0 aliphatic carbocycles. The number of nitrogens with two attached hydrogens (primary N) is 1. The number of carbonyl (C=O) groups excluding carboxylic acids is 1. The van der Waals surface area contributed by atoms with Gasteiger partial charge >= 0.3 is 0 Å². The van der Waals surface area contributed by atoms with Gasteiger partial charge in [0.25, 0.3) is 5.91 Å². The van der Waals surface area contributed by atoms with Gasteiger partial charge in [-0.15, -0.1) is 0 Å². The Bertz CT molecular complexity index is 121. The van der Waals surface area contributed by atoms with E-state index in [9.17, 15) is 4.79 Å². The Labute approximate surface area is 59.7 Å². The lowest BCUT2D eigenvalue weighted by molar-refractivity contribution is -0.135. The van der Waals surface area contributed by atoms with Gasteiger partial charge in [0.05, 0.1) is 0 Å².